The molecule has 0 amide bonds. The molecule has 0 saturated carbocycles. The van der Waals surface area contributed by atoms with Gasteiger partial charge in [0.2, 0.25) is 0 Å². The molecule has 0 bridgehead atoms. The molecule has 0 unspecified atom stereocenters. The Labute approximate surface area is 104 Å². The molecule has 0 N–H and O–H groups in total. The van der Waals surface area contributed by atoms with E-state index in [0.717, 1.165) is 0 Å². The first kappa shape index (κ1) is 9.66. The summed E-state index contributed by atoms with van der Waals surface area (Å²) >= 11 is 0. The third-order valence-electron chi connectivity index (χ3n) is 3.69. The van der Waals surface area contributed by atoms with Crippen LogP contribution in [0.25, 0.3) is 32.6 Å². The van der Waals surface area contributed by atoms with E-state index in [4.69, 9.17) is 0 Å². The number of aromatic nitrogens is 2. The Balaban J connectivity index is 2.39. The van der Waals surface area contributed by atoms with Crippen molar-refractivity contribution in [1.82, 2.24) is 9.55 Å². The molecule has 4 aromatic rings. The Morgan fingerprint density at radius 3 is 2.72 bits per heavy atom. The largest absolute Gasteiger partial charge is 0.342 e. The predicted molar refractivity (Wildman–Crippen MR) is 75.7 cm³/mol. The molecule has 0 aliphatic heterocycles. The summed E-state index contributed by atoms with van der Waals surface area (Å²) < 4.78 is 2.24. The molecule has 2 nitrogen and oxygen atoms in total. The first-order valence-corrected chi connectivity index (χ1v) is 6.06. The Morgan fingerprint density at radius 2 is 1.78 bits per heavy atom. The van der Waals surface area contributed by atoms with Crippen LogP contribution in [0.5, 0.6) is 0 Å². The Hall–Kier alpha value is -2.35. The van der Waals surface area contributed by atoms with Gasteiger partial charge in [0, 0.05) is 29.4 Å². The summed E-state index contributed by atoms with van der Waals surface area (Å²) in [5, 5.41) is 5.15. The highest BCUT2D eigenvalue weighted by Crippen LogP contribution is 2.32. The fourth-order valence-corrected chi connectivity index (χ4v) is 2.84. The van der Waals surface area contributed by atoms with Crippen LogP contribution in [0.15, 0.2) is 54.9 Å². The summed E-state index contributed by atoms with van der Waals surface area (Å²) in [7, 11) is 2.11. The third-order valence-corrected chi connectivity index (χ3v) is 3.69. The lowest BCUT2D eigenvalue weighted by Gasteiger charge is -2.02. The van der Waals surface area contributed by atoms with Crippen molar-refractivity contribution in [3.05, 3.63) is 54.9 Å². The van der Waals surface area contributed by atoms with Crippen molar-refractivity contribution in [1.29, 1.82) is 0 Å². The molecule has 18 heavy (non-hydrogen) atoms. The zero-order valence-electron chi connectivity index (χ0n) is 10.1. The zero-order valence-corrected chi connectivity index (χ0v) is 10.1. The van der Waals surface area contributed by atoms with E-state index in [2.05, 4.69) is 59.1 Å². The van der Waals surface area contributed by atoms with E-state index in [1.54, 1.807) is 0 Å². The number of fused-ring (bicyclic) bond motifs is 5. The van der Waals surface area contributed by atoms with E-state index in [1.165, 1.54) is 32.6 Å². The highest BCUT2D eigenvalue weighted by atomic mass is 14.9. The second kappa shape index (κ2) is 3.33. The molecule has 0 radical (unpaired) electrons. The van der Waals surface area contributed by atoms with Crippen LogP contribution in [0.3, 0.4) is 0 Å². The maximum absolute atomic E-state index is 4.23. The van der Waals surface area contributed by atoms with Crippen LogP contribution >= 0.6 is 0 Å². The highest BCUT2D eigenvalue weighted by molar-refractivity contribution is 6.17. The second-order valence-electron chi connectivity index (χ2n) is 4.63. The fraction of sp³-hybridized carbons (Fsp3) is 0.0625. The van der Waals surface area contributed by atoms with Gasteiger partial charge in [-0.15, -0.1) is 0 Å². The monoisotopic (exact) mass is 232 g/mol. The van der Waals surface area contributed by atoms with Crippen molar-refractivity contribution in [3.63, 3.8) is 0 Å². The molecule has 0 aliphatic carbocycles. The van der Waals surface area contributed by atoms with Gasteiger partial charge in [0.1, 0.15) is 0 Å². The van der Waals surface area contributed by atoms with E-state index in [1.807, 2.05) is 12.4 Å². The molecule has 2 aromatic heterocycles. The van der Waals surface area contributed by atoms with E-state index < -0.39 is 0 Å². The maximum atomic E-state index is 4.23. The Bertz CT molecular complexity index is 887. The van der Waals surface area contributed by atoms with Crippen molar-refractivity contribution >= 4 is 32.6 Å². The lowest BCUT2D eigenvalue weighted by atomic mass is 10.1. The molecule has 0 saturated heterocycles. The summed E-state index contributed by atoms with van der Waals surface area (Å²) in [5.74, 6) is 0. The Morgan fingerprint density at radius 1 is 0.889 bits per heavy atom. The number of hydrogen-bond donors (Lipinski definition) is 0. The maximum Gasteiger partial charge on any atom is 0.0675 e. The summed E-state index contributed by atoms with van der Waals surface area (Å²) in [4.78, 5) is 4.23. The molecule has 0 fully saturated rings. The number of pyridine rings is 1. The lowest BCUT2D eigenvalue weighted by Crippen LogP contribution is -1.87. The van der Waals surface area contributed by atoms with Gasteiger partial charge in [-0.25, -0.2) is 0 Å². The molecular weight excluding hydrogens is 220 g/mol. The number of rotatable bonds is 0. The standard InChI is InChI=1S/C16H12N2/c1-18-15-10-17-9-8-13(15)14-7-6-11-4-2-3-5-12(11)16(14)18/h2-10H,1H3. The van der Waals surface area contributed by atoms with E-state index in [0.29, 0.717) is 0 Å². The van der Waals surface area contributed by atoms with Gasteiger partial charge in [0.25, 0.3) is 0 Å². The smallest absolute Gasteiger partial charge is 0.0675 e. The van der Waals surface area contributed by atoms with Crippen LogP contribution in [0.1, 0.15) is 0 Å². The van der Waals surface area contributed by atoms with Crippen LogP contribution in [-0.2, 0) is 7.05 Å². The van der Waals surface area contributed by atoms with Gasteiger partial charge in [-0.1, -0.05) is 36.4 Å². The summed E-state index contributed by atoms with van der Waals surface area (Å²) in [6, 6.07) is 15.0. The molecule has 4 rings (SSSR count). The number of nitrogens with zero attached hydrogens (tertiary/aromatic N) is 2. The Kier molecular flexibility index (Phi) is 1.78. The molecule has 2 aromatic carbocycles. The van der Waals surface area contributed by atoms with Crippen LogP contribution in [0.2, 0.25) is 0 Å². The van der Waals surface area contributed by atoms with Gasteiger partial charge in [0.05, 0.1) is 17.2 Å². The van der Waals surface area contributed by atoms with E-state index in [-0.39, 0.29) is 0 Å². The minimum atomic E-state index is 1.18. The van der Waals surface area contributed by atoms with Crippen molar-refractivity contribution < 1.29 is 0 Å². The highest BCUT2D eigenvalue weighted by Gasteiger charge is 2.10. The van der Waals surface area contributed by atoms with Gasteiger partial charge in [0.15, 0.2) is 0 Å². The van der Waals surface area contributed by atoms with Crippen LogP contribution in [0, 0.1) is 0 Å². The fourth-order valence-electron chi connectivity index (χ4n) is 2.84. The van der Waals surface area contributed by atoms with Crippen LogP contribution in [-0.4, -0.2) is 9.55 Å². The lowest BCUT2D eigenvalue weighted by molar-refractivity contribution is 1.01. The number of hydrogen-bond acceptors (Lipinski definition) is 1. The summed E-state index contributed by atoms with van der Waals surface area (Å²) in [5.41, 5.74) is 2.47. The molecule has 2 heteroatoms. The van der Waals surface area contributed by atoms with Crippen LogP contribution in [0.4, 0.5) is 0 Å². The molecular formula is C16H12N2. The first-order chi connectivity index (χ1) is 8.86. The van der Waals surface area contributed by atoms with E-state index in [9.17, 15) is 0 Å². The molecule has 2 heterocycles. The SMILES string of the molecule is Cn1c2cnccc2c2ccc3ccccc3c21. The number of aryl methyl sites for hydroxylation is 1. The van der Waals surface area contributed by atoms with Crippen molar-refractivity contribution in [2.24, 2.45) is 7.05 Å². The van der Waals surface area contributed by atoms with Gasteiger partial charge >= 0.3 is 0 Å². The zero-order chi connectivity index (χ0) is 12.1. The predicted octanol–water partition coefficient (Wildman–Crippen LogP) is 3.88. The van der Waals surface area contributed by atoms with Gasteiger partial charge in [-0.2, -0.15) is 0 Å². The first-order valence-electron chi connectivity index (χ1n) is 6.06. The molecule has 0 atom stereocenters. The average Bonchev–Trinajstić information content (AvgIpc) is 2.73. The minimum absolute atomic E-state index is 1.18. The van der Waals surface area contributed by atoms with Crippen molar-refractivity contribution in [3.8, 4) is 0 Å². The van der Waals surface area contributed by atoms with Gasteiger partial charge in [-0.3, -0.25) is 4.98 Å². The summed E-state index contributed by atoms with van der Waals surface area (Å²) in [6.07, 6.45) is 3.79. The summed E-state index contributed by atoms with van der Waals surface area (Å²) in [6.45, 7) is 0. The van der Waals surface area contributed by atoms with Crippen molar-refractivity contribution in [2.45, 2.75) is 0 Å². The van der Waals surface area contributed by atoms with Gasteiger partial charge in [-0.05, 0) is 11.5 Å². The van der Waals surface area contributed by atoms with Gasteiger partial charge < -0.3 is 4.57 Å². The minimum Gasteiger partial charge on any atom is -0.342 e. The molecule has 86 valence electrons. The molecule has 0 spiro atoms. The normalized spacial score (nSPS) is 11.6. The average molecular weight is 232 g/mol. The van der Waals surface area contributed by atoms with E-state index >= 15 is 0 Å². The third kappa shape index (κ3) is 1.10. The quantitative estimate of drug-likeness (QED) is 0.450. The van der Waals surface area contributed by atoms with Crippen molar-refractivity contribution in [2.75, 3.05) is 0 Å². The second-order valence-corrected chi connectivity index (χ2v) is 4.63. The molecule has 0 aliphatic rings. The van der Waals surface area contributed by atoms with Crippen LogP contribution < -0.4 is 0 Å². The number of benzene rings is 2. The topological polar surface area (TPSA) is 17.8 Å².